The number of ether oxygens (including phenoxy) is 2. The van der Waals surface area contributed by atoms with Gasteiger partial charge in [-0.2, -0.15) is 0 Å². The van der Waals surface area contributed by atoms with Gasteiger partial charge < -0.3 is 28.8 Å². The molecular formula is C107H146N2O4. The fraction of sp³-hybridized carbons (Fsp3) is 0.551. The van der Waals surface area contributed by atoms with Crippen molar-refractivity contribution in [3.8, 4) is 56.6 Å². The van der Waals surface area contributed by atoms with Gasteiger partial charge in [-0.15, -0.1) is 0 Å². The summed E-state index contributed by atoms with van der Waals surface area (Å²) in [6, 6.07) is 42.7. The molecule has 0 aliphatic heterocycles. The molecule has 608 valence electrons. The van der Waals surface area contributed by atoms with Gasteiger partial charge in [-0.3, -0.25) is 0 Å². The lowest BCUT2D eigenvalue weighted by atomic mass is 9.71. The van der Waals surface area contributed by atoms with E-state index in [4.69, 9.17) is 9.47 Å². The van der Waals surface area contributed by atoms with E-state index in [0.29, 0.717) is 19.6 Å². The standard InChI is InChI=1S/C107H146N2O4/c1-66-50-84(82-52-72(106(29,30)64-100(15,16)17)58-90(92(82)110)108-86-54-68(102(21,22)60-96(3,4)5)40-44-76(86)77-45-41-69(55-87(77)108)103(23,24)61-97(6,7)8)94(80-38-33-36-74(66)80)112-48-35-49-113-95-81-39-34-37-75(81)67(2)51-85(95)83-53-73(107(31,32)65-101(18,19)20)59-91(93(83)111)109-88-56-70(104(25,26)62-98(9,10)11)42-46-78(88)79-47-43-71(57-89(79)109)105(27,28)63-99(12,13)14/h40-47,50-59,110-111H,33-39,48-49,60-65H2,1-32H3. The summed E-state index contributed by atoms with van der Waals surface area (Å²) in [5.41, 5.74) is 24.1. The van der Waals surface area contributed by atoms with Gasteiger partial charge in [0.05, 0.1) is 46.7 Å². The number of phenols is 2. The van der Waals surface area contributed by atoms with E-state index in [2.05, 4.69) is 340 Å². The average molecular weight is 1520 g/mol. The maximum absolute atomic E-state index is 14.0. The number of nitrogens with zero attached hydrogens (tertiary/aromatic N) is 2. The van der Waals surface area contributed by atoms with Crippen LogP contribution in [-0.2, 0) is 58.2 Å². The molecule has 0 radical (unpaired) electrons. The zero-order valence-corrected chi connectivity index (χ0v) is 76.6. The van der Waals surface area contributed by atoms with Crippen molar-refractivity contribution < 1.29 is 19.7 Å². The van der Waals surface area contributed by atoms with Gasteiger partial charge in [0.15, 0.2) is 0 Å². The topological polar surface area (TPSA) is 68.8 Å². The van der Waals surface area contributed by atoms with Crippen molar-refractivity contribution in [2.24, 2.45) is 32.5 Å². The third-order valence-electron chi connectivity index (χ3n) is 25.2. The third kappa shape index (κ3) is 17.8. The van der Waals surface area contributed by atoms with E-state index in [1.807, 2.05) is 0 Å². The molecular weight excluding hydrogens is 1380 g/mol. The highest BCUT2D eigenvalue weighted by atomic mass is 16.5. The van der Waals surface area contributed by atoms with Crippen LogP contribution in [0.25, 0.3) is 77.2 Å². The maximum Gasteiger partial charge on any atom is 0.147 e. The smallest absolute Gasteiger partial charge is 0.147 e. The molecule has 0 atom stereocenters. The van der Waals surface area contributed by atoms with E-state index in [1.54, 1.807) is 0 Å². The number of aromatic hydroxyl groups is 2. The van der Waals surface area contributed by atoms with Crippen molar-refractivity contribution in [2.45, 2.75) is 338 Å². The number of fused-ring (bicyclic) bond motifs is 8. The summed E-state index contributed by atoms with van der Waals surface area (Å²) >= 11 is 0. The summed E-state index contributed by atoms with van der Waals surface area (Å²) in [6.45, 7) is 76.5. The molecule has 2 N–H and O–H groups in total. The quantitative estimate of drug-likeness (QED) is 0.0664. The van der Waals surface area contributed by atoms with Crippen molar-refractivity contribution in [3.63, 3.8) is 0 Å². The van der Waals surface area contributed by atoms with Crippen molar-refractivity contribution in [1.29, 1.82) is 0 Å². The number of hydrogen-bond acceptors (Lipinski definition) is 4. The molecule has 2 aliphatic carbocycles. The van der Waals surface area contributed by atoms with Crippen molar-refractivity contribution in [1.82, 2.24) is 9.13 Å². The van der Waals surface area contributed by atoms with Crippen LogP contribution in [0.1, 0.15) is 332 Å². The van der Waals surface area contributed by atoms with E-state index in [0.717, 1.165) is 144 Å². The van der Waals surface area contributed by atoms with Crippen LogP contribution in [0.15, 0.2) is 109 Å². The van der Waals surface area contributed by atoms with Gasteiger partial charge >= 0.3 is 0 Å². The first-order valence-electron chi connectivity index (χ1n) is 43.3. The molecule has 2 aromatic heterocycles. The molecule has 10 aromatic rings. The van der Waals surface area contributed by atoms with E-state index >= 15 is 0 Å². The van der Waals surface area contributed by atoms with Crippen molar-refractivity contribution >= 4 is 43.6 Å². The lowest BCUT2D eigenvalue weighted by Crippen LogP contribution is -2.25. The summed E-state index contributed by atoms with van der Waals surface area (Å²) in [5.74, 6) is 2.26. The molecule has 0 amide bonds. The SMILES string of the molecule is Cc1cc(-c2cc(C(C)(C)CC(C)(C)C)cc(-n3c4cc(C(C)(C)CC(C)(C)C)ccc4c4ccc(C(C)(C)CC(C)(C)C)cc43)c2O)c(OCCCOc2c(-c3cc(C(C)(C)CC(C)(C)C)cc(-n4c5cc(C(C)(C)CC(C)(C)C)ccc5c5ccc(C(C)(C)CC(C)(C)C)cc54)c3O)cc(C)c3c2CCC3)c2c1CCC2. The second-order valence-electron chi connectivity index (χ2n) is 46.9. The molecule has 0 bridgehead atoms. The number of rotatable bonds is 22. The Morgan fingerprint density at radius 3 is 0.770 bits per heavy atom. The highest BCUT2D eigenvalue weighted by molar-refractivity contribution is 6.11. The Morgan fingerprint density at radius 2 is 0.522 bits per heavy atom. The minimum absolute atomic E-state index is 0.0158. The number of phenolic OH excluding ortho intramolecular Hbond substituents is 2. The van der Waals surface area contributed by atoms with Crippen LogP contribution in [0.3, 0.4) is 0 Å². The largest absolute Gasteiger partial charge is 0.505 e. The third-order valence-corrected chi connectivity index (χ3v) is 25.2. The fourth-order valence-electron chi connectivity index (χ4n) is 22.6. The molecule has 6 heteroatoms. The molecule has 113 heavy (non-hydrogen) atoms. The summed E-state index contributed by atoms with van der Waals surface area (Å²) in [5, 5.41) is 32.7. The van der Waals surface area contributed by atoms with E-state index in [9.17, 15) is 10.2 Å². The zero-order chi connectivity index (χ0) is 83.2. The summed E-state index contributed by atoms with van der Waals surface area (Å²) < 4.78 is 19.8. The van der Waals surface area contributed by atoms with Crippen LogP contribution in [0.2, 0.25) is 0 Å². The molecule has 0 saturated heterocycles. The highest BCUT2D eigenvalue weighted by Crippen LogP contribution is 2.55. The molecule has 8 aromatic carbocycles. The Hall–Kier alpha value is -7.44. The Kier molecular flexibility index (Phi) is 22.0. The predicted octanol–water partition coefficient (Wildman–Crippen LogP) is 30.4. The van der Waals surface area contributed by atoms with Crippen LogP contribution in [0, 0.1) is 46.3 Å². The van der Waals surface area contributed by atoms with Crippen LogP contribution >= 0.6 is 0 Å². The van der Waals surface area contributed by atoms with Crippen LogP contribution in [0.5, 0.6) is 23.0 Å². The molecule has 6 nitrogen and oxygen atoms in total. The highest BCUT2D eigenvalue weighted by Gasteiger charge is 2.39. The minimum Gasteiger partial charge on any atom is -0.505 e. The molecule has 0 saturated carbocycles. The Labute approximate surface area is 684 Å². The van der Waals surface area contributed by atoms with Crippen molar-refractivity contribution in [2.75, 3.05) is 13.2 Å². The second kappa shape index (κ2) is 29.3. The fourth-order valence-corrected chi connectivity index (χ4v) is 22.6. The van der Waals surface area contributed by atoms with E-state index in [-0.39, 0.29) is 76.5 Å². The first-order valence-corrected chi connectivity index (χ1v) is 43.3. The molecule has 0 spiro atoms. The normalized spacial score (nSPS) is 14.7. The number of aryl methyl sites for hydroxylation is 2. The van der Waals surface area contributed by atoms with Crippen LogP contribution in [0.4, 0.5) is 0 Å². The lowest BCUT2D eigenvalue weighted by molar-refractivity contribution is 0.246. The van der Waals surface area contributed by atoms with Gasteiger partial charge in [0, 0.05) is 50.2 Å². The van der Waals surface area contributed by atoms with Crippen LogP contribution < -0.4 is 9.47 Å². The minimum atomic E-state index is -0.291. The Balaban J connectivity index is 1.00. The lowest BCUT2D eigenvalue weighted by Gasteiger charge is -2.34. The summed E-state index contributed by atoms with van der Waals surface area (Å²) in [4.78, 5) is 0. The summed E-state index contributed by atoms with van der Waals surface area (Å²) in [6.07, 6.45) is 12.4. The molecule has 2 heterocycles. The molecule has 12 rings (SSSR count). The van der Waals surface area contributed by atoms with Gasteiger partial charge in [0.2, 0.25) is 0 Å². The Bertz CT molecular complexity index is 4790. The number of benzene rings is 8. The summed E-state index contributed by atoms with van der Waals surface area (Å²) in [7, 11) is 0. The van der Waals surface area contributed by atoms with Gasteiger partial charge in [-0.25, -0.2) is 0 Å². The van der Waals surface area contributed by atoms with Crippen molar-refractivity contribution in [3.05, 3.63) is 176 Å². The zero-order valence-electron chi connectivity index (χ0n) is 76.6. The van der Waals surface area contributed by atoms with Gasteiger partial charge in [-0.05, 0) is 283 Å². The number of hydrogen-bond donors (Lipinski definition) is 2. The van der Waals surface area contributed by atoms with Crippen LogP contribution in [-0.4, -0.2) is 32.6 Å². The maximum atomic E-state index is 14.0. The van der Waals surface area contributed by atoms with E-state index in [1.165, 1.54) is 88.3 Å². The molecule has 0 unspecified atom stereocenters. The monoisotopic (exact) mass is 1520 g/mol. The second-order valence-corrected chi connectivity index (χ2v) is 46.9. The average Bonchev–Trinajstić information content (AvgIpc) is 1.57. The van der Waals surface area contributed by atoms with E-state index < -0.39 is 0 Å². The Morgan fingerprint density at radius 1 is 0.283 bits per heavy atom. The number of aromatic nitrogens is 2. The predicted molar refractivity (Wildman–Crippen MR) is 487 cm³/mol. The first-order chi connectivity index (χ1) is 51.8. The molecule has 0 fully saturated rings. The van der Waals surface area contributed by atoms with Gasteiger partial charge in [0.1, 0.15) is 23.0 Å². The van der Waals surface area contributed by atoms with Gasteiger partial charge in [0.25, 0.3) is 0 Å². The first kappa shape index (κ1) is 84.9. The molecule has 2 aliphatic rings. The van der Waals surface area contributed by atoms with Gasteiger partial charge in [-0.1, -0.05) is 256 Å².